The Hall–Kier alpha value is -1.67. The van der Waals surface area contributed by atoms with Crippen LogP contribution in [-0.2, 0) is 0 Å². The quantitative estimate of drug-likeness (QED) is 0.626. The second-order valence-electron chi connectivity index (χ2n) is 2.68. The van der Waals surface area contributed by atoms with Gasteiger partial charge in [0.15, 0.2) is 0 Å². The van der Waals surface area contributed by atoms with Crippen LogP contribution >= 0.6 is 0 Å². The van der Waals surface area contributed by atoms with Crippen molar-refractivity contribution in [2.75, 3.05) is 0 Å². The summed E-state index contributed by atoms with van der Waals surface area (Å²) in [6, 6.07) is 16.0. The summed E-state index contributed by atoms with van der Waals surface area (Å²) in [5.74, 6) is 0. The number of nitrogens with zero attached hydrogens (tertiary/aromatic N) is 1. The van der Waals surface area contributed by atoms with Gasteiger partial charge in [0, 0.05) is 12.4 Å². The molecule has 2 rings (SSSR count). The molecule has 0 amide bonds. The molecule has 0 aliphatic rings. The fourth-order valence-electron chi connectivity index (χ4n) is 0.847. The molecule has 0 bridgehead atoms. The maximum absolute atomic E-state index is 3.78. The van der Waals surface area contributed by atoms with Gasteiger partial charge in [-0.25, -0.2) is 0 Å². The summed E-state index contributed by atoms with van der Waals surface area (Å²) >= 11 is 0. The molecule has 1 heterocycles. The molecule has 0 aliphatic heterocycles. The Morgan fingerprint density at radius 2 is 1.29 bits per heavy atom. The summed E-state index contributed by atoms with van der Waals surface area (Å²) in [5, 5.41) is 0. The van der Waals surface area contributed by atoms with Crippen LogP contribution in [0.5, 0.6) is 0 Å². The zero-order chi connectivity index (χ0) is 9.36. The van der Waals surface area contributed by atoms with E-state index in [9.17, 15) is 0 Å². The molecule has 1 aromatic carbocycles. The van der Waals surface area contributed by atoms with E-state index in [2.05, 4.69) is 24.0 Å². The molecule has 0 unspecified atom stereocenters. The van der Waals surface area contributed by atoms with Crippen molar-refractivity contribution in [2.24, 2.45) is 0 Å². The zero-order valence-corrected chi connectivity index (χ0v) is 8.22. The van der Waals surface area contributed by atoms with Gasteiger partial charge in [-0.3, -0.25) is 4.98 Å². The van der Waals surface area contributed by atoms with Crippen molar-refractivity contribution in [3.63, 3.8) is 0 Å². The normalized spacial score (nSPS) is 7.79. The van der Waals surface area contributed by atoms with E-state index in [1.54, 1.807) is 12.4 Å². The van der Waals surface area contributed by atoms with Gasteiger partial charge in [0.2, 0.25) is 0 Å². The third-order valence-electron chi connectivity index (χ3n) is 1.51. The Bertz CT molecular complexity index is 281. The second kappa shape index (κ2) is 7.95. The average Bonchev–Trinajstić information content (AvgIpc) is 2.22. The number of aryl methyl sites for hydroxylation is 1. The molecule has 0 spiro atoms. The van der Waals surface area contributed by atoms with Gasteiger partial charge in [-0.1, -0.05) is 42.0 Å². The largest absolute Gasteiger partial charge is 0.412 e. The molecular formula is C12H15NO. The third kappa shape index (κ3) is 5.91. The van der Waals surface area contributed by atoms with E-state index in [0.717, 1.165) is 0 Å². The summed E-state index contributed by atoms with van der Waals surface area (Å²) in [6.07, 6.45) is 3.50. The van der Waals surface area contributed by atoms with Crippen LogP contribution in [0.1, 0.15) is 5.56 Å². The highest BCUT2D eigenvalue weighted by Gasteiger charge is 1.72. The second-order valence-corrected chi connectivity index (χ2v) is 2.68. The maximum Gasteiger partial charge on any atom is 0.0267 e. The fourth-order valence-corrected chi connectivity index (χ4v) is 0.847. The maximum atomic E-state index is 3.78. The van der Waals surface area contributed by atoms with Crippen LogP contribution in [0.3, 0.4) is 0 Å². The van der Waals surface area contributed by atoms with Gasteiger partial charge in [-0.15, -0.1) is 0 Å². The van der Waals surface area contributed by atoms with Gasteiger partial charge >= 0.3 is 0 Å². The molecule has 74 valence electrons. The summed E-state index contributed by atoms with van der Waals surface area (Å²) < 4.78 is 0. The average molecular weight is 189 g/mol. The van der Waals surface area contributed by atoms with E-state index in [1.165, 1.54) is 5.56 Å². The Morgan fingerprint density at radius 3 is 1.50 bits per heavy atom. The first-order chi connectivity index (χ1) is 6.39. The number of hydrogen-bond donors (Lipinski definition) is 0. The molecule has 2 heteroatoms. The summed E-state index contributed by atoms with van der Waals surface area (Å²) in [5.41, 5.74) is 1.32. The lowest BCUT2D eigenvalue weighted by atomic mass is 10.2. The van der Waals surface area contributed by atoms with E-state index in [1.807, 2.05) is 36.4 Å². The molecule has 2 aromatic rings. The Morgan fingerprint density at radius 1 is 0.786 bits per heavy atom. The van der Waals surface area contributed by atoms with E-state index in [0.29, 0.717) is 0 Å². The van der Waals surface area contributed by atoms with Crippen molar-refractivity contribution in [3.8, 4) is 0 Å². The summed E-state index contributed by atoms with van der Waals surface area (Å²) in [6.45, 7) is 2.08. The highest BCUT2D eigenvalue weighted by atomic mass is 16.0. The van der Waals surface area contributed by atoms with Crippen LogP contribution in [0.15, 0.2) is 60.9 Å². The number of benzene rings is 1. The van der Waals surface area contributed by atoms with Crippen LogP contribution in [0, 0.1) is 6.92 Å². The minimum atomic E-state index is 0. The topological polar surface area (TPSA) is 44.4 Å². The molecule has 14 heavy (non-hydrogen) atoms. The van der Waals surface area contributed by atoms with E-state index in [-0.39, 0.29) is 5.48 Å². The molecule has 0 saturated carbocycles. The first-order valence-electron chi connectivity index (χ1n) is 4.26. The van der Waals surface area contributed by atoms with Crippen LogP contribution in [-0.4, -0.2) is 10.5 Å². The molecule has 2 nitrogen and oxygen atoms in total. The fraction of sp³-hybridized carbons (Fsp3) is 0.0833. The molecule has 2 N–H and O–H groups in total. The van der Waals surface area contributed by atoms with Crippen molar-refractivity contribution in [3.05, 3.63) is 66.5 Å². The van der Waals surface area contributed by atoms with Crippen molar-refractivity contribution < 1.29 is 5.48 Å². The number of rotatable bonds is 0. The monoisotopic (exact) mass is 189 g/mol. The van der Waals surface area contributed by atoms with Crippen molar-refractivity contribution in [2.45, 2.75) is 6.92 Å². The predicted octanol–water partition coefficient (Wildman–Crippen LogP) is 2.25. The van der Waals surface area contributed by atoms with E-state index < -0.39 is 0 Å². The van der Waals surface area contributed by atoms with Gasteiger partial charge in [0.1, 0.15) is 0 Å². The van der Waals surface area contributed by atoms with E-state index in [4.69, 9.17) is 0 Å². The molecule has 0 aliphatic carbocycles. The van der Waals surface area contributed by atoms with Gasteiger partial charge in [-0.2, -0.15) is 0 Å². The SMILES string of the molecule is Cc1ccccc1.O.c1ccncc1. The lowest BCUT2D eigenvalue weighted by Gasteiger charge is -1.82. The Labute approximate surface area is 84.6 Å². The van der Waals surface area contributed by atoms with E-state index >= 15 is 0 Å². The zero-order valence-electron chi connectivity index (χ0n) is 8.22. The third-order valence-corrected chi connectivity index (χ3v) is 1.51. The highest BCUT2D eigenvalue weighted by Crippen LogP contribution is 1.92. The molecule has 0 saturated heterocycles. The summed E-state index contributed by atoms with van der Waals surface area (Å²) in [4.78, 5) is 3.78. The van der Waals surface area contributed by atoms with Crippen LogP contribution in [0.2, 0.25) is 0 Å². The first-order valence-corrected chi connectivity index (χ1v) is 4.26. The Kier molecular flexibility index (Phi) is 7.00. The number of hydrogen-bond acceptors (Lipinski definition) is 1. The van der Waals surface area contributed by atoms with Gasteiger partial charge < -0.3 is 5.48 Å². The summed E-state index contributed by atoms with van der Waals surface area (Å²) in [7, 11) is 0. The van der Waals surface area contributed by atoms with Crippen molar-refractivity contribution in [1.82, 2.24) is 4.98 Å². The molecule has 0 fully saturated rings. The molecule has 1 aromatic heterocycles. The number of pyridine rings is 1. The first kappa shape index (κ1) is 12.3. The van der Waals surface area contributed by atoms with Gasteiger partial charge in [0.25, 0.3) is 0 Å². The predicted molar refractivity (Wildman–Crippen MR) is 59.0 cm³/mol. The van der Waals surface area contributed by atoms with Gasteiger partial charge in [-0.05, 0) is 19.1 Å². The minimum absolute atomic E-state index is 0. The highest BCUT2D eigenvalue weighted by molar-refractivity contribution is 5.11. The Balaban J connectivity index is 0.000000227. The number of aromatic nitrogens is 1. The van der Waals surface area contributed by atoms with Crippen LogP contribution < -0.4 is 0 Å². The standard InChI is InChI=1S/C7H8.C5H5N.H2O/c1-7-5-3-2-4-6-7;1-2-4-6-5-3-1;/h2-6H,1H3;1-5H;1H2. The molecule has 0 atom stereocenters. The van der Waals surface area contributed by atoms with Crippen molar-refractivity contribution >= 4 is 0 Å². The molecular weight excluding hydrogens is 174 g/mol. The lowest BCUT2D eigenvalue weighted by Crippen LogP contribution is -1.62. The molecule has 0 radical (unpaired) electrons. The van der Waals surface area contributed by atoms with Crippen molar-refractivity contribution in [1.29, 1.82) is 0 Å². The van der Waals surface area contributed by atoms with Gasteiger partial charge in [0.05, 0.1) is 0 Å². The minimum Gasteiger partial charge on any atom is -0.412 e. The smallest absolute Gasteiger partial charge is 0.0267 e. The lowest BCUT2D eigenvalue weighted by molar-refractivity contribution is 0.824. The van der Waals surface area contributed by atoms with Crippen LogP contribution in [0.25, 0.3) is 0 Å². The van der Waals surface area contributed by atoms with Crippen LogP contribution in [0.4, 0.5) is 0 Å².